The van der Waals surface area contributed by atoms with Crippen LogP contribution < -0.4 is 5.32 Å². The second kappa shape index (κ2) is 7.31. The van der Waals surface area contributed by atoms with Crippen LogP contribution in [0.2, 0.25) is 0 Å². The van der Waals surface area contributed by atoms with E-state index in [1.807, 2.05) is 35.9 Å². The van der Waals surface area contributed by atoms with Crippen molar-refractivity contribution in [2.75, 3.05) is 11.6 Å². The Morgan fingerprint density at radius 3 is 2.71 bits per heavy atom. The van der Waals surface area contributed by atoms with E-state index in [2.05, 4.69) is 10.4 Å². The number of nitrogens with zero attached hydrogens (tertiary/aromatic N) is 2. The molecule has 0 spiro atoms. The lowest BCUT2D eigenvalue weighted by Gasteiger charge is -2.08. The molecule has 1 amide bonds. The number of hydrogen-bond acceptors (Lipinski definition) is 3. The SMILES string of the molecule is Cc1ccccc1-n1nc(C(=O)Nc2ccc([S@](C)=O)c(F)c2)c2c1CCC2. The number of nitrogens with one attached hydrogen (secondary N) is 1. The third-order valence-electron chi connectivity index (χ3n) is 4.99. The third-order valence-corrected chi connectivity index (χ3v) is 5.94. The summed E-state index contributed by atoms with van der Waals surface area (Å²) in [5, 5.41) is 7.31. The van der Waals surface area contributed by atoms with E-state index >= 15 is 0 Å². The van der Waals surface area contributed by atoms with Gasteiger partial charge in [-0.2, -0.15) is 5.10 Å². The van der Waals surface area contributed by atoms with Gasteiger partial charge in [-0.3, -0.25) is 9.00 Å². The molecule has 7 heteroatoms. The minimum absolute atomic E-state index is 0.114. The standard InChI is InChI=1S/C21H20FN3O2S/c1-13-6-3-4-8-17(13)25-18-9-5-7-15(18)20(24-25)21(26)23-14-10-11-19(28(2)27)16(22)12-14/h3-4,6,8,10-12H,5,7,9H2,1-2H3,(H,23,26)/t28-/m0/s1. The maximum Gasteiger partial charge on any atom is 0.276 e. The highest BCUT2D eigenvalue weighted by atomic mass is 32.2. The molecule has 2 aromatic carbocycles. The number of carbonyl (C=O) groups excluding carboxylic acids is 1. The van der Waals surface area contributed by atoms with E-state index in [1.165, 1.54) is 18.4 Å². The first kappa shape index (κ1) is 18.6. The molecule has 144 valence electrons. The molecule has 1 aliphatic carbocycles. The van der Waals surface area contributed by atoms with Gasteiger partial charge in [-0.25, -0.2) is 9.07 Å². The molecule has 1 atom stereocenters. The summed E-state index contributed by atoms with van der Waals surface area (Å²) in [6.07, 6.45) is 4.06. The molecule has 28 heavy (non-hydrogen) atoms. The predicted octanol–water partition coefficient (Wildman–Crippen LogP) is 3.80. The Morgan fingerprint density at radius 2 is 2.00 bits per heavy atom. The predicted molar refractivity (Wildman–Crippen MR) is 107 cm³/mol. The van der Waals surface area contributed by atoms with Crippen molar-refractivity contribution in [3.8, 4) is 5.69 Å². The monoisotopic (exact) mass is 397 g/mol. The van der Waals surface area contributed by atoms with Crippen molar-refractivity contribution in [2.45, 2.75) is 31.1 Å². The van der Waals surface area contributed by atoms with Crippen LogP contribution in [-0.4, -0.2) is 26.2 Å². The van der Waals surface area contributed by atoms with Gasteiger partial charge in [0.15, 0.2) is 5.69 Å². The van der Waals surface area contributed by atoms with Crippen molar-refractivity contribution in [3.63, 3.8) is 0 Å². The number of hydrogen-bond donors (Lipinski definition) is 1. The summed E-state index contributed by atoms with van der Waals surface area (Å²) in [4.78, 5) is 13.0. The van der Waals surface area contributed by atoms with Crippen molar-refractivity contribution < 1.29 is 13.4 Å². The lowest BCUT2D eigenvalue weighted by atomic mass is 10.1. The highest BCUT2D eigenvalue weighted by molar-refractivity contribution is 7.84. The molecular formula is C21H20FN3O2S. The van der Waals surface area contributed by atoms with Crippen LogP contribution in [0.15, 0.2) is 47.4 Å². The molecule has 4 rings (SSSR count). The zero-order valence-electron chi connectivity index (χ0n) is 15.7. The largest absolute Gasteiger partial charge is 0.320 e. The molecule has 1 heterocycles. The van der Waals surface area contributed by atoms with Crippen molar-refractivity contribution in [1.82, 2.24) is 9.78 Å². The van der Waals surface area contributed by atoms with Gasteiger partial charge < -0.3 is 5.32 Å². The highest BCUT2D eigenvalue weighted by Crippen LogP contribution is 2.29. The van der Waals surface area contributed by atoms with Gasteiger partial charge in [-0.15, -0.1) is 0 Å². The zero-order chi connectivity index (χ0) is 19.8. The van der Waals surface area contributed by atoms with Gasteiger partial charge in [0.2, 0.25) is 0 Å². The van der Waals surface area contributed by atoms with Gasteiger partial charge in [-0.05, 0) is 56.0 Å². The van der Waals surface area contributed by atoms with E-state index in [0.29, 0.717) is 11.4 Å². The van der Waals surface area contributed by atoms with Crippen LogP contribution in [0.5, 0.6) is 0 Å². The molecule has 0 saturated heterocycles. The van der Waals surface area contributed by atoms with Crippen molar-refractivity contribution >= 4 is 22.4 Å². The summed E-state index contributed by atoms with van der Waals surface area (Å²) in [5.74, 6) is -0.968. The minimum atomic E-state index is -1.42. The van der Waals surface area contributed by atoms with Crippen LogP contribution in [0.1, 0.15) is 33.7 Å². The molecule has 0 bridgehead atoms. The molecule has 1 aromatic heterocycles. The summed E-state index contributed by atoms with van der Waals surface area (Å²) >= 11 is 0. The average Bonchev–Trinajstić information content (AvgIpc) is 3.24. The van der Waals surface area contributed by atoms with Crippen molar-refractivity contribution in [1.29, 1.82) is 0 Å². The Hall–Kier alpha value is -2.80. The number of anilines is 1. The van der Waals surface area contributed by atoms with Gasteiger partial charge in [-0.1, -0.05) is 18.2 Å². The summed E-state index contributed by atoms with van der Waals surface area (Å²) in [6.45, 7) is 2.01. The summed E-state index contributed by atoms with van der Waals surface area (Å²) in [6, 6.07) is 12.1. The Kier molecular flexibility index (Phi) is 4.85. The first-order valence-electron chi connectivity index (χ1n) is 9.07. The first-order valence-corrected chi connectivity index (χ1v) is 10.6. The number of benzene rings is 2. The first-order chi connectivity index (χ1) is 13.5. The van der Waals surface area contributed by atoms with Crippen LogP contribution in [0.4, 0.5) is 10.1 Å². The number of aromatic nitrogens is 2. The summed E-state index contributed by atoms with van der Waals surface area (Å²) in [7, 11) is -1.42. The molecule has 5 nitrogen and oxygen atoms in total. The number of amides is 1. The molecular weight excluding hydrogens is 377 g/mol. The van der Waals surface area contributed by atoms with E-state index in [9.17, 15) is 13.4 Å². The smallest absolute Gasteiger partial charge is 0.276 e. The topological polar surface area (TPSA) is 64.0 Å². The molecule has 1 N–H and O–H groups in total. The molecule has 0 aliphatic heterocycles. The summed E-state index contributed by atoms with van der Waals surface area (Å²) < 4.78 is 27.4. The Labute approximate surface area is 165 Å². The van der Waals surface area contributed by atoms with E-state index in [4.69, 9.17) is 0 Å². The molecule has 0 saturated carbocycles. The van der Waals surface area contributed by atoms with Crippen LogP contribution in [0.3, 0.4) is 0 Å². The lowest BCUT2D eigenvalue weighted by molar-refractivity contribution is 0.102. The Morgan fingerprint density at radius 1 is 1.21 bits per heavy atom. The maximum atomic E-state index is 14.1. The molecule has 3 aromatic rings. The zero-order valence-corrected chi connectivity index (χ0v) is 16.5. The average molecular weight is 397 g/mol. The molecule has 0 fully saturated rings. The second-order valence-corrected chi connectivity index (χ2v) is 8.23. The number of aryl methyl sites for hydroxylation is 1. The van der Waals surface area contributed by atoms with Gasteiger partial charge >= 0.3 is 0 Å². The fraction of sp³-hybridized carbons (Fsp3) is 0.238. The van der Waals surface area contributed by atoms with Gasteiger partial charge in [0.05, 0.1) is 21.4 Å². The number of para-hydroxylation sites is 1. The van der Waals surface area contributed by atoms with Gasteiger partial charge in [0.1, 0.15) is 5.82 Å². The lowest BCUT2D eigenvalue weighted by Crippen LogP contribution is -2.15. The summed E-state index contributed by atoms with van der Waals surface area (Å²) in [5.41, 5.74) is 4.74. The Balaban J connectivity index is 1.68. The van der Waals surface area contributed by atoms with E-state index in [1.54, 1.807) is 6.07 Å². The number of rotatable bonds is 4. The van der Waals surface area contributed by atoms with Crippen molar-refractivity contribution in [2.24, 2.45) is 0 Å². The van der Waals surface area contributed by atoms with Gasteiger partial charge in [0, 0.05) is 23.2 Å². The fourth-order valence-corrected chi connectivity index (χ4v) is 4.22. The number of carbonyl (C=O) groups is 1. The molecule has 0 unspecified atom stereocenters. The van der Waals surface area contributed by atoms with E-state index < -0.39 is 16.6 Å². The highest BCUT2D eigenvalue weighted by Gasteiger charge is 2.27. The quantitative estimate of drug-likeness (QED) is 0.728. The minimum Gasteiger partial charge on any atom is -0.320 e. The van der Waals surface area contributed by atoms with E-state index in [0.717, 1.165) is 41.8 Å². The molecule has 0 radical (unpaired) electrons. The van der Waals surface area contributed by atoms with Crippen LogP contribution >= 0.6 is 0 Å². The van der Waals surface area contributed by atoms with Crippen LogP contribution in [0, 0.1) is 12.7 Å². The van der Waals surface area contributed by atoms with Crippen molar-refractivity contribution in [3.05, 3.63) is 70.8 Å². The number of halogens is 1. The van der Waals surface area contributed by atoms with E-state index in [-0.39, 0.29) is 10.8 Å². The third kappa shape index (κ3) is 3.26. The Bertz CT molecular complexity index is 1110. The van der Waals surface area contributed by atoms with Gasteiger partial charge in [0.25, 0.3) is 5.91 Å². The normalized spacial score (nSPS) is 14.0. The van der Waals surface area contributed by atoms with Crippen LogP contribution in [-0.2, 0) is 23.6 Å². The fourth-order valence-electron chi connectivity index (χ4n) is 3.62. The van der Waals surface area contributed by atoms with Crippen LogP contribution in [0.25, 0.3) is 5.69 Å². The molecule has 1 aliphatic rings. The number of fused-ring (bicyclic) bond motifs is 1. The second-order valence-electron chi connectivity index (χ2n) is 6.88. The maximum absolute atomic E-state index is 14.1.